The summed E-state index contributed by atoms with van der Waals surface area (Å²) in [5, 5.41) is 58.6. The largest absolute Gasteiger partial charge is 1.00 e. The van der Waals surface area contributed by atoms with Crippen LogP contribution in [0.4, 0.5) is 0 Å². The number of aliphatic hydroxyl groups is 6. The van der Waals surface area contributed by atoms with E-state index in [0.717, 1.165) is 16.8 Å². The van der Waals surface area contributed by atoms with E-state index in [2.05, 4.69) is 9.05 Å². The number of nitrogens with zero attached hydrogens (tertiary/aromatic N) is 1. The van der Waals surface area contributed by atoms with E-state index in [1.54, 1.807) is 0 Å². The third-order valence-electron chi connectivity index (χ3n) is 5.36. The molecule has 11 atom stereocenters. The van der Waals surface area contributed by atoms with Crippen molar-refractivity contribution < 1.29 is 127 Å². The average Bonchev–Trinajstić information content (AvgIpc) is 3.06. The van der Waals surface area contributed by atoms with Crippen molar-refractivity contribution in [3.8, 4) is 0 Å². The molecule has 206 valence electrons. The predicted molar refractivity (Wildman–Crippen MR) is 108 cm³/mol. The number of hydrogen-bond acceptors (Lipinski definition) is 16. The Morgan fingerprint density at radius 3 is 2.11 bits per heavy atom. The minimum absolute atomic E-state index is 0. The van der Waals surface area contributed by atoms with Gasteiger partial charge in [0.2, 0.25) is 0 Å². The van der Waals surface area contributed by atoms with Crippen molar-refractivity contribution in [2.75, 3.05) is 19.1 Å². The van der Waals surface area contributed by atoms with Gasteiger partial charge in [0.25, 0.3) is 5.56 Å². The molecular formula is C16H24N2Na2O16P2. The summed E-state index contributed by atoms with van der Waals surface area (Å²) in [5.74, 6) is -1.77. The van der Waals surface area contributed by atoms with Gasteiger partial charge in [-0.1, -0.05) is 0 Å². The first-order chi connectivity index (χ1) is 16.7. The third-order valence-corrected chi connectivity index (χ3v) is 9.20. The molecule has 22 heteroatoms. The van der Waals surface area contributed by atoms with Crippen LogP contribution >= 0.6 is 15.2 Å². The van der Waals surface area contributed by atoms with Crippen LogP contribution < -0.4 is 80.2 Å². The van der Waals surface area contributed by atoms with Crippen LogP contribution in [0.25, 0.3) is 0 Å². The summed E-state index contributed by atoms with van der Waals surface area (Å²) in [5.41, 5.74) is -1.74. The SMILES string of the molecule is O=c1ccn([C@@H]2O[C@H](COP(=O)([O-])CP(=O)([O-])O[C@H]3O[C@H](CO)[C@@H](O)[C@H](O)[C@H]3O)[C@@H](O)[C@H]2O)c(=O)[nH]1.[Na+].[Na+]. The van der Waals surface area contributed by atoms with Crippen molar-refractivity contribution in [2.45, 2.75) is 55.2 Å². The molecule has 7 N–H and O–H groups in total. The Morgan fingerprint density at radius 1 is 0.921 bits per heavy atom. The summed E-state index contributed by atoms with van der Waals surface area (Å²) in [6.45, 7) is -1.88. The molecule has 0 radical (unpaired) electrons. The molecule has 2 aliphatic rings. The average molecular weight is 608 g/mol. The molecule has 3 heterocycles. The van der Waals surface area contributed by atoms with Crippen molar-refractivity contribution in [1.29, 1.82) is 0 Å². The summed E-state index contributed by atoms with van der Waals surface area (Å²) in [4.78, 5) is 49.4. The number of nitrogens with one attached hydrogen (secondary N) is 1. The maximum Gasteiger partial charge on any atom is 1.00 e. The molecule has 3 rings (SSSR count). The van der Waals surface area contributed by atoms with Gasteiger partial charge in [0.05, 0.1) is 19.1 Å². The predicted octanol–water partition coefficient (Wildman–Crippen LogP) is -11.9. The zero-order valence-corrected chi connectivity index (χ0v) is 25.9. The van der Waals surface area contributed by atoms with Crippen molar-refractivity contribution in [3.05, 3.63) is 33.1 Å². The van der Waals surface area contributed by atoms with Gasteiger partial charge in [-0.25, -0.2) is 4.79 Å². The van der Waals surface area contributed by atoms with Gasteiger partial charge in [-0.3, -0.25) is 14.3 Å². The number of ether oxygens (including phenoxy) is 2. The van der Waals surface area contributed by atoms with Crippen LogP contribution in [0.1, 0.15) is 6.23 Å². The van der Waals surface area contributed by atoms with Gasteiger partial charge < -0.3 is 68.1 Å². The fourth-order valence-electron chi connectivity index (χ4n) is 3.51. The topological polar surface area (TPSA) is 293 Å². The van der Waals surface area contributed by atoms with E-state index < -0.39 is 101 Å². The maximum atomic E-state index is 12.2. The number of aliphatic hydroxyl groups excluding tert-OH is 6. The second-order valence-corrected chi connectivity index (χ2v) is 12.1. The van der Waals surface area contributed by atoms with Crippen molar-refractivity contribution in [2.24, 2.45) is 0 Å². The molecule has 2 saturated heterocycles. The van der Waals surface area contributed by atoms with Crippen LogP contribution in [0.3, 0.4) is 0 Å². The number of hydrogen-bond donors (Lipinski definition) is 7. The molecule has 0 aliphatic carbocycles. The van der Waals surface area contributed by atoms with Crippen LogP contribution in [0.5, 0.6) is 0 Å². The molecule has 0 saturated carbocycles. The summed E-state index contributed by atoms with van der Waals surface area (Å²) in [7, 11) is -10.7. The molecule has 0 aromatic carbocycles. The molecule has 0 amide bonds. The molecule has 18 nitrogen and oxygen atoms in total. The van der Waals surface area contributed by atoms with E-state index in [9.17, 15) is 54.0 Å². The standard InChI is InChI=1S/C16H26N2O16P2.2Na/c19-3-6-9(21)11(23)13(25)15(33-6)34-36(29,30)5-35(27,28)31-4-7-10(22)12(24)14(32-7)18-2-1-8(20)17-16(18)26;;/h1-2,6-7,9-15,19,21-25H,3-5H2,(H,27,28)(H,29,30)(H,17,20,26);;/q;2*+1/p-2/t6-,7-,9-,10-,11+,12-,13-,14-,15-;;/m1../s1. The fraction of sp³-hybridized carbons (Fsp3) is 0.750. The number of H-pyrrole nitrogens is 1. The smallest absolute Gasteiger partial charge is 0.778 e. The summed E-state index contributed by atoms with van der Waals surface area (Å²) in [6.07, 6.45) is -15.2. The van der Waals surface area contributed by atoms with Gasteiger partial charge in [0.15, 0.2) is 12.5 Å². The van der Waals surface area contributed by atoms with Gasteiger partial charge in [-0.2, -0.15) is 0 Å². The monoisotopic (exact) mass is 608 g/mol. The molecule has 38 heavy (non-hydrogen) atoms. The molecule has 2 fully saturated rings. The molecule has 2 unspecified atom stereocenters. The molecule has 1 aromatic rings. The second-order valence-electron chi connectivity index (χ2n) is 8.03. The normalized spacial score (nSPS) is 36.4. The quantitative estimate of drug-likeness (QED) is 0.101. The van der Waals surface area contributed by atoms with E-state index in [0.29, 0.717) is 0 Å². The molecule has 2 aliphatic heterocycles. The van der Waals surface area contributed by atoms with Crippen LogP contribution in [-0.2, 0) is 27.7 Å². The number of rotatable bonds is 9. The van der Waals surface area contributed by atoms with Gasteiger partial charge in [-0.15, -0.1) is 0 Å². The van der Waals surface area contributed by atoms with Gasteiger partial charge in [0, 0.05) is 12.3 Å². The van der Waals surface area contributed by atoms with Crippen LogP contribution in [0, 0.1) is 0 Å². The number of aromatic amines is 1. The zero-order chi connectivity index (χ0) is 27.0. The Balaban J connectivity index is 0.00000361. The number of aromatic nitrogens is 2. The van der Waals surface area contributed by atoms with Crippen molar-refractivity contribution in [3.63, 3.8) is 0 Å². The van der Waals surface area contributed by atoms with E-state index in [-0.39, 0.29) is 59.1 Å². The molecule has 0 bridgehead atoms. The summed E-state index contributed by atoms with van der Waals surface area (Å²) in [6, 6.07) is 0.931. The molecule has 0 spiro atoms. The van der Waals surface area contributed by atoms with E-state index in [1.807, 2.05) is 4.98 Å². The Kier molecular flexibility index (Phi) is 14.2. The van der Waals surface area contributed by atoms with Gasteiger partial charge in [0.1, 0.15) is 57.9 Å². The van der Waals surface area contributed by atoms with E-state index >= 15 is 0 Å². The second kappa shape index (κ2) is 14.7. The van der Waals surface area contributed by atoms with E-state index in [4.69, 9.17) is 14.6 Å². The summed E-state index contributed by atoms with van der Waals surface area (Å²) < 4.78 is 44.3. The van der Waals surface area contributed by atoms with Gasteiger partial charge in [-0.05, 0) is 0 Å². The Labute approximate surface area is 257 Å². The minimum atomic E-state index is -5.40. The summed E-state index contributed by atoms with van der Waals surface area (Å²) >= 11 is 0. The Hall–Kier alpha value is 0.660. The zero-order valence-electron chi connectivity index (χ0n) is 20.1. The molecular weight excluding hydrogens is 584 g/mol. The molecule has 1 aromatic heterocycles. The minimum Gasteiger partial charge on any atom is -0.778 e. The van der Waals surface area contributed by atoms with Crippen LogP contribution in [-0.4, -0.2) is 108 Å². The maximum absolute atomic E-state index is 12.2. The van der Waals surface area contributed by atoms with Crippen molar-refractivity contribution >= 4 is 15.2 Å². The van der Waals surface area contributed by atoms with Crippen molar-refractivity contribution in [1.82, 2.24) is 9.55 Å². The van der Waals surface area contributed by atoms with Crippen LogP contribution in [0.15, 0.2) is 21.9 Å². The first-order valence-electron chi connectivity index (χ1n) is 10.2. The third kappa shape index (κ3) is 8.83. The fourth-order valence-corrected chi connectivity index (χ4v) is 6.67. The van der Waals surface area contributed by atoms with Crippen LogP contribution in [0.2, 0.25) is 0 Å². The van der Waals surface area contributed by atoms with Gasteiger partial charge >= 0.3 is 64.8 Å². The Bertz CT molecular complexity index is 1140. The first-order valence-corrected chi connectivity index (χ1v) is 13.7. The van der Waals surface area contributed by atoms with E-state index in [1.165, 1.54) is 0 Å². The Morgan fingerprint density at radius 2 is 1.53 bits per heavy atom. The first kappa shape index (κ1) is 36.7.